The highest BCUT2D eigenvalue weighted by Gasteiger charge is 2.41. The molecule has 8 heteroatoms. The number of nitro groups is 1. The molecule has 1 aliphatic carbocycles. The molecule has 0 atom stereocenters. The van der Waals surface area contributed by atoms with E-state index in [1.807, 2.05) is 6.26 Å². The van der Waals surface area contributed by atoms with Crippen LogP contribution >= 0.6 is 11.8 Å². The average molecular weight is 306 g/mol. The Kier molecular flexibility index (Phi) is 3.32. The molecule has 2 aromatic rings. The van der Waals surface area contributed by atoms with Crippen LogP contribution in [0.2, 0.25) is 0 Å². The van der Waals surface area contributed by atoms with E-state index in [9.17, 15) is 14.9 Å². The van der Waals surface area contributed by atoms with Crippen molar-refractivity contribution in [1.82, 2.24) is 9.97 Å². The van der Waals surface area contributed by atoms with E-state index >= 15 is 0 Å². The van der Waals surface area contributed by atoms with E-state index in [0.717, 1.165) is 12.8 Å². The summed E-state index contributed by atoms with van der Waals surface area (Å²) in [5.74, 6) is 0. The Morgan fingerprint density at radius 1 is 1.52 bits per heavy atom. The van der Waals surface area contributed by atoms with Gasteiger partial charge in [0.15, 0.2) is 0 Å². The zero-order valence-corrected chi connectivity index (χ0v) is 12.2. The van der Waals surface area contributed by atoms with Gasteiger partial charge in [0.1, 0.15) is 5.69 Å². The Labute approximate surface area is 124 Å². The number of fused-ring (bicyclic) bond motifs is 1. The second kappa shape index (κ2) is 5.03. The third-order valence-electron chi connectivity index (χ3n) is 3.80. The van der Waals surface area contributed by atoms with E-state index in [-0.39, 0.29) is 21.4 Å². The largest absolute Gasteiger partial charge is 0.378 e. The molecule has 2 N–H and O–H groups in total. The SMILES string of the molecule is CSC1(CNc2cc3nc[nH]c(=O)c3cc2[N+](=O)[O-])CC1. The molecule has 3 rings (SSSR count). The molecule has 0 saturated heterocycles. The molecule has 0 radical (unpaired) electrons. The maximum absolute atomic E-state index is 11.7. The van der Waals surface area contributed by atoms with Crippen molar-refractivity contribution in [3.8, 4) is 0 Å². The minimum atomic E-state index is -0.479. The van der Waals surface area contributed by atoms with Crippen LogP contribution in [0.25, 0.3) is 10.9 Å². The topological polar surface area (TPSA) is 101 Å². The summed E-state index contributed by atoms with van der Waals surface area (Å²) in [6, 6.07) is 2.85. The van der Waals surface area contributed by atoms with Gasteiger partial charge >= 0.3 is 0 Å². The highest BCUT2D eigenvalue weighted by atomic mass is 32.2. The van der Waals surface area contributed by atoms with Crippen LogP contribution in [0.15, 0.2) is 23.3 Å². The lowest BCUT2D eigenvalue weighted by molar-refractivity contribution is -0.383. The van der Waals surface area contributed by atoms with Gasteiger partial charge in [0, 0.05) is 17.4 Å². The van der Waals surface area contributed by atoms with Gasteiger partial charge in [-0.15, -0.1) is 0 Å². The summed E-state index contributed by atoms with van der Waals surface area (Å²) in [7, 11) is 0. The summed E-state index contributed by atoms with van der Waals surface area (Å²) in [5, 5.41) is 14.6. The second-order valence-corrected chi connectivity index (χ2v) is 6.39. The maximum atomic E-state index is 11.7. The Hall–Kier alpha value is -2.09. The van der Waals surface area contributed by atoms with Crippen molar-refractivity contribution in [2.24, 2.45) is 0 Å². The van der Waals surface area contributed by atoms with Crippen LogP contribution in [-0.4, -0.2) is 32.4 Å². The second-order valence-electron chi connectivity index (χ2n) is 5.12. The molecular formula is C13H14N4O3S. The number of nitrogens with one attached hydrogen (secondary N) is 2. The standard InChI is InChI=1S/C13H14N4O3S/c1-21-13(2-3-13)6-14-10-5-9-8(4-11(10)17(19)20)12(18)16-7-15-9/h4-5,7,14H,2-3,6H2,1H3,(H,15,16,18). The molecule has 1 aromatic heterocycles. The van der Waals surface area contributed by atoms with Crippen molar-refractivity contribution in [1.29, 1.82) is 0 Å². The molecule has 0 bridgehead atoms. The van der Waals surface area contributed by atoms with Crippen LogP contribution in [0.3, 0.4) is 0 Å². The number of thioether (sulfide) groups is 1. The molecule has 0 aliphatic heterocycles. The van der Waals surface area contributed by atoms with Gasteiger partial charge in [-0.3, -0.25) is 14.9 Å². The van der Waals surface area contributed by atoms with E-state index in [0.29, 0.717) is 17.7 Å². The fraction of sp³-hybridized carbons (Fsp3) is 0.385. The molecule has 1 aromatic carbocycles. The average Bonchev–Trinajstić information content (AvgIpc) is 3.25. The maximum Gasteiger partial charge on any atom is 0.293 e. The monoisotopic (exact) mass is 306 g/mol. The molecular weight excluding hydrogens is 292 g/mol. The summed E-state index contributed by atoms with van der Waals surface area (Å²) < 4.78 is 0.185. The Bertz CT molecular complexity index is 770. The molecule has 1 saturated carbocycles. The van der Waals surface area contributed by atoms with Gasteiger partial charge in [0.25, 0.3) is 11.2 Å². The number of H-pyrrole nitrogens is 1. The minimum Gasteiger partial charge on any atom is -0.378 e. The lowest BCUT2D eigenvalue weighted by Gasteiger charge is -2.14. The van der Waals surface area contributed by atoms with Crippen molar-refractivity contribution in [2.75, 3.05) is 18.1 Å². The van der Waals surface area contributed by atoms with Crippen molar-refractivity contribution in [3.63, 3.8) is 0 Å². The van der Waals surface area contributed by atoms with Crippen LogP contribution in [-0.2, 0) is 0 Å². The molecule has 0 spiro atoms. The third kappa shape index (κ3) is 2.58. The van der Waals surface area contributed by atoms with Crippen molar-refractivity contribution < 1.29 is 4.92 Å². The van der Waals surface area contributed by atoms with Gasteiger partial charge in [0.2, 0.25) is 0 Å². The van der Waals surface area contributed by atoms with Gasteiger partial charge in [-0.25, -0.2) is 4.98 Å². The van der Waals surface area contributed by atoms with Crippen LogP contribution in [0.4, 0.5) is 11.4 Å². The molecule has 0 amide bonds. The first-order valence-corrected chi connectivity index (χ1v) is 7.72. The van der Waals surface area contributed by atoms with Crippen LogP contribution < -0.4 is 10.9 Å². The van der Waals surface area contributed by atoms with Gasteiger partial charge < -0.3 is 10.3 Å². The number of aromatic amines is 1. The van der Waals surface area contributed by atoms with E-state index in [1.165, 1.54) is 12.4 Å². The number of hydrogen-bond donors (Lipinski definition) is 2. The third-order valence-corrected chi connectivity index (χ3v) is 5.21. The lowest BCUT2D eigenvalue weighted by atomic mass is 10.2. The highest BCUT2D eigenvalue weighted by Crippen LogP contribution is 2.47. The number of anilines is 1. The Morgan fingerprint density at radius 3 is 2.90 bits per heavy atom. The normalized spacial score (nSPS) is 15.9. The predicted molar refractivity (Wildman–Crippen MR) is 83.0 cm³/mol. The molecule has 110 valence electrons. The van der Waals surface area contributed by atoms with Crippen molar-refractivity contribution in [2.45, 2.75) is 17.6 Å². The van der Waals surface area contributed by atoms with E-state index in [1.54, 1.807) is 17.8 Å². The van der Waals surface area contributed by atoms with Crippen LogP contribution in [0, 0.1) is 10.1 Å². The first-order valence-electron chi connectivity index (χ1n) is 6.49. The zero-order chi connectivity index (χ0) is 15.0. The quantitative estimate of drug-likeness (QED) is 0.648. The van der Waals surface area contributed by atoms with Crippen LogP contribution in [0.1, 0.15) is 12.8 Å². The molecule has 1 heterocycles. The summed E-state index contributed by atoms with van der Waals surface area (Å²) in [6.07, 6.45) is 5.57. The van der Waals surface area contributed by atoms with Gasteiger partial charge in [0.05, 0.1) is 22.2 Å². The van der Waals surface area contributed by atoms with Gasteiger partial charge in [-0.2, -0.15) is 11.8 Å². The number of hydrogen-bond acceptors (Lipinski definition) is 6. The number of nitro benzene ring substituents is 1. The highest BCUT2D eigenvalue weighted by molar-refractivity contribution is 8.00. The molecule has 7 nitrogen and oxygen atoms in total. The van der Waals surface area contributed by atoms with Crippen molar-refractivity contribution in [3.05, 3.63) is 38.9 Å². The fourth-order valence-corrected chi connectivity index (χ4v) is 2.97. The fourth-order valence-electron chi connectivity index (χ4n) is 2.25. The summed E-state index contributed by atoms with van der Waals surface area (Å²) >= 11 is 1.77. The summed E-state index contributed by atoms with van der Waals surface area (Å²) in [6.45, 7) is 0.670. The first-order chi connectivity index (χ1) is 10.0. The molecule has 21 heavy (non-hydrogen) atoms. The van der Waals surface area contributed by atoms with Gasteiger partial charge in [-0.1, -0.05) is 0 Å². The number of nitrogens with zero attached hydrogens (tertiary/aromatic N) is 2. The lowest BCUT2D eigenvalue weighted by Crippen LogP contribution is -2.18. The van der Waals surface area contributed by atoms with E-state index in [4.69, 9.17) is 0 Å². The van der Waals surface area contributed by atoms with Gasteiger partial charge in [-0.05, 0) is 25.2 Å². The van der Waals surface area contributed by atoms with Crippen LogP contribution in [0.5, 0.6) is 0 Å². The van der Waals surface area contributed by atoms with E-state index in [2.05, 4.69) is 15.3 Å². The smallest absolute Gasteiger partial charge is 0.293 e. The number of rotatable bonds is 5. The molecule has 1 fully saturated rings. The Morgan fingerprint density at radius 2 is 2.29 bits per heavy atom. The predicted octanol–water partition coefficient (Wildman–Crippen LogP) is 2.14. The summed E-state index contributed by atoms with van der Waals surface area (Å²) in [4.78, 5) is 28.9. The number of benzene rings is 1. The summed E-state index contributed by atoms with van der Waals surface area (Å²) in [5.41, 5.74) is 0.377. The molecule has 1 aliphatic rings. The minimum absolute atomic E-state index is 0.0992. The first kappa shape index (κ1) is 13.9. The molecule has 0 unspecified atom stereocenters. The Balaban J connectivity index is 2.01. The van der Waals surface area contributed by atoms with E-state index < -0.39 is 4.92 Å². The van der Waals surface area contributed by atoms with Crippen molar-refractivity contribution >= 4 is 34.0 Å². The number of aromatic nitrogens is 2. The zero-order valence-electron chi connectivity index (χ0n) is 11.4.